The predicted molar refractivity (Wildman–Crippen MR) is 82.0 cm³/mol. The lowest BCUT2D eigenvalue weighted by Gasteiger charge is -2.23. The van der Waals surface area contributed by atoms with Crippen LogP contribution in [0.4, 0.5) is 0 Å². The molecule has 1 amide bonds. The minimum Gasteiger partial charge on any atom is -0.464 e. The van der Waals surface area contributed by atoms with Gasteiger partial charge in [-0.05, 0) is 32.3 Å². The van der Waals surface area contributed by atoms with Crippen LogP contribution in [-0.2, 0) is 20.7 Å². The number of rotatable bonds is 6. The molecule has 120 valence electrons. The lowest BCUT2D eigenvalue weighted by Crippen LogP contribution is -2.38. The van der Waals surface area contributed by atoms with Gasteiger partial charge in [-0.1, -0.05) is 30.3 Å². The fraction of sp³-hybridized carbons (Fsp3) is 0.529. The van der Waals surface area contributed by atoms with Crippen molar-refractivity contribution in [3.05, 3.63) is 35.9 Å². The van der Waals surface area contributed by atoms with E-state index in [1.165, 1.54) is 0 Å². The first-order valence-corrected chi connectivity index (χ1v) is 7.73. The number of carbonyl (C=O) groups is 2. The summed E-state index contributed by atoms with van der Waals surface area (Å²) in [6.07, 6.45) is 0.599. The number of carbonyl (C=O) groups excluding carboxylic acids is 2. The van der Waals surface area contributed by atoms with E-state index in [-0.39, 0.29) is 18.4 Å². The van der Waals surface area contributed by atoms with Crippen molar-refractivity contribution in [1.82, 2.24) is 5.32 Å². The van der Waals surface area contributed by atoms with E-state index in [4.69, 9.17) is 4.74 Å². The van der Waals surface area contributed by atoms with Crippen molar-refractivity contribution in [2.45, 2.75) is 38.8 Å². The quantitative estimate of drug-likeness (QED) is 0.777. The molecule has 1 saturated heterocycles. The third kappa shape index (κ3) is 3.65. The Kier molecular flexibility index (Phi) is 5.55. The molecule has 5 heteroatoms. The molecule has 5 nitrogen and oxygen atoms in total. The standard InChI is InChI=1S/C17H23NO4/c1-3-22-17(21)15-13(14(11(2)19)16(20)18-15)10-9-12-7-5-4-6-8-12/h4-8,11,13-15,19H,3,9-10H2,1-2H3,(H,18,20)/t11-,13-,14+,15-/m1/s1. The van der Waals surface area contributed by atoms with Crippen molar-refractivity contribution < 1.29 is 19.4 Å². The Morgan fingerprint density at radius 3 is 2.64 bits per heavy atom. The highest BCUT2D eigenvalue weighted by molar-refractivity contribution is 5.90. The van der Waals surface area contributed by atoms with Gasteiger partial charge in [0.05, 0.1) is 18.6 Å². The second-order valence-electron chi connectivity index (χ2n) is 5.69. The molecule has 0 aromatic heterocycles. The Hall–Kier alpha value is -1.88. The first-order chi connectivity index (χ1) is 10.5. The summed E-state index contributed by atoms with van der Waals surface area (Å²) in [7, 11) is 0. The van der Waals surface area contributed by atoms with Crippen molar-refractivity contribution in [3.63, 3.8) is 0 Å². The summed E-state index contributed by atoms with van der Waals surface area (Å²) in [6.45, 7) is 3.60. The molecule has 2 rings (SSSR count). The van der Waals surface area contributed by atoms with E-state index in [0.717, 1.165) is 12.0 Å². The van der Waals surface area contributed by atoms with Gasteiger partial charge in [0.15, 0.2) is 0 Å². The number of nitrogens with one attached hydrogen (secondary N) is 1. The van der Waals surface area contributed by atoms with E-state index in [9.17, 15) is 14.7 Å². The van der Waals surface area contributed by atoms with Crippen LogP contribution in [-0.4, -0.2) is 35.7 Å². The Morgan fingerprint density at radius 2 is 2.05 bits per heavy atom. The molecule has 0 aliphatic carbocycles. The van der Waals surface area contributed by atoms with Gasteiger partial charge in [-0.2, -0.15) is 0 Å². The van der Waals surface area contributed by atoms with Crippen molar-refractivity contribution in [1.29, 1.82) is 0 Å². The van der Waals surface area contributed by atoms with Gasteiger partial charge in [0.2, 0.25) is 5.91 Å². The van der Waals surface area contributed by atoms with E-state index in [2.05, 4.69) is 5.32 Å². The second kappa shape index (κ2) is 7.40. The Labute approximate surface area is 130 Å². The maximum atomic E-state index is 12.1. The van der Waals surface area contributed by atoms with E-state index < -0.39 is 24.0 Å². The third-order valence-electron chi connectivity index (χ3n) is 4.16. The van der Waals surface area contributed by atoms with Gasteiger partial charge in [-0.3, -0.25) is 4.79 Å². The molecular formula is C17H23NO4. The maximum Gasteiger partial charge on any atom is 0.328 e. The van der Waals surface area contributed by atoms with Crippen LogP contribution in [0.1, 0.15) is 25.8 Å². The fourth-order valence-electron chi connectivity index (χ4n) is 3.13. The first-order valence-electron chi connectivity index (χ1n) is 7.73. The zero-order chi connectivity index (χ0) is 16.1. The highest BCUT2D eigenvalue weighted by Gasteiger charge is 2.47. The van der Waals surface area contributed by atoms with Gasteiger partial charge in [0.1, 0.15) is 6.04 Å². The number of hydrogen-bond acceptors (Lipinski definition) is 4. The third-order valence-corrected chi connectivity index (χ3v) is 4.16. The summed E-state index contributed by atoms with van der Waals surface area (Å²) >= 11 is 0. The van der Waals surface area contributed by atoms with Crippen LogP contribution < -0.4 is 5.32 Å². The maximum absolute atomic E-state index is 12.1. The molecule has 0 radical (unpaired) electrons. The zero-order valence-electron chi connectivity index (χ0n) is 13.0. The molecule has 1 aromatic carbocycles. The van der Waals surface area contributed by atoms with Gasteiger partial charge in [-0.25, -0.2) is 4.79 Å². The number of aliphatic hydroxyl groups is 1. The van der Waals surface area contributed by atoms with E-state index in [0.29, 0.717) is 6.42 Å². The molecule has 22 heavy (non-hydrogen) atoms. The predicted octanol–water partition coefficient (Wildman–Crippen LogP) is 1.29. The Bertz CT molecular complexity index is 515. The molecule has 0 spiro atoms. The topological polar surface area (TPSA) is 75.6 Å². The highest BCUT2D eigenvalue weighted by Crippen LogP contribution is 2.31. The highest BCUT2D eigenvalue weighted by atomic mass is 16.5. The molecule has 1 aliphatic rings. The minimum atomic E-state index is -0.791. The number of aliphatic hydroxyl groups excluding tert-OH is 1. The molecule has 4 atom stereocenters. The number of esters is 1. The van der Waals surface area contributed by atoms with Gasteiger partial charge in [0.25, 0.3) is 0 Å². The summed E-state index contributed by atoms with van der Waals surface area (Å²) in [4.78, 5) is 24.1. The lowest BCUT2D eigenvalue weighted by atomic mass is 9.82. The number of amides is 1. The number of benzene rings is 1. The van der Waals surface area contributed by atoms with E-state index in [1.54, 1.807) is 13.8 Å². The molecule has 1 aliphatic heterocycles. The Morgan fingerprint density at radius 1 is 1.36 bits per heavy atom. The van der Waals surface area contributed by atoms with Crippen LogP contribution in [0.3, 0.4) is 0 Å². The van der Waals surface area contributed by atoms with Crippen LogP contribution in [0, 0.1) is 11.8 Å². The van der Waals surface area contributed by atoms with E-state index >= 15 is 0 Å². The average molecular weight is 305 g/mol. The molecule has 1 fully saturated rings. The van der Waals surface area contributed by atoms with Gasteiger partial charge < -0.3 is 15.2 Å². The number of hydrogen-bond donors (Lipinski definition) is 2. The largest absolute Gasteiger partial charge is 0.464 e. The first kappa shape index (κ1) is 16.5. The molecule has 1 aromatic rings. The normalized spacial score (nSPS) is 25.6. The average Bonchev–Trinajstić information content (AvgIpc) is 2.83. The van der Waals surface area contributed by atoms with Gasteiger partial charge >= 0.3 is 5.97 Å². The van der Waals surface area contributed by atoms with Gasteiger partial charge in [0, 0.05) is 5.92 Å². The van der Waals surface area contributed by atoms with Crippen molar-refractivity contribution in [2.24, 2.45) is 11.8 Å². The summed E-state index contributed by atoms with van der Waals surface area (Å²) in [5.74, 6) is -1.52. The van der Waals surface area contributed by atoms with Crippen LogP contribution >= 0.6 is 0 Å². The summed E-state index contributed by atoms with van der Waals surface area (Å²) < 4.78 is 5.05. The number of ether oxygens (including phenoxy) is 1. The molecule has 0 saturated carbocycles. The van der Waals surface area contributed by atoms with Gasteiger partial charge in [-0.15, -0.1) is 0 Å². The molecule has 0 unspecified atom stereocenters. The Balaban J connectivity index is 2.12. The minimum absolute atomic E-state index is 0.258. The molecule has 2 N–H and O–H groups in total. The summed E-state index contributed by atoms with van der Waals surface area (Å²) in [6, 6.07) is 9.23. The molecular weight excluding hydrogens is 282 g/mol. The zero-order valence-corrected chi connectivity index (χ0v) is 13.0. The summed E-state index contributed by atoms with van der Waals surface area (Å²) in [5.41, 5.74) is 1.15. The summed E-state index contributed by atoms with van der Waals surface area (Å²) in [5, 5.41) is 12.6. The lowest BCUT2D eigenvalue weighted by molar-refractivity contribution is -0.147. The fourth-order valence-corrected chi connectivity index (χ4v) is 3.13. The number of aryl methyl sites for hydroxylation is 1. The van der Waals surface area contributed by atoms with Crippen LogP contribution in [0.2, 0.25) is 0 Å². The second-order valence-corrected chi connectivity index (χ2v) is 5.69. The van der Waals surface area contributed by atoms with Crippen molar-refractivity contribution in [2.75, 3.05) is 6.61 Å². The van der Waals surface area contributed by atoms with E-state index in [1.807, 2.05) is 30.3 Å². The van der Waals surface area contributed by atoms with Crippen LogP contribution in [0.15, 0.2) is 30.3 Å². The smallest absolute Gasteiger partial charge is 0.328 e. The molecule has 0 bridgehead atoms. The van der Waals surface area contributed by atoms with Crippen LogP contribution in [0.5, 0.6) is 0 Å². The SMILES string of the molecule is CCOC(=O)[C@@H]1NC(=O)[C@@H]([C@@H](C)O)[C@H]1CCc1ccccc1. The monoisotopic (exact) mass is 305 g/mol. The van der Waals surface area contributed by atoms with Crippen molar-refractivity contribution >= 4 is 11.9 Å². The van der Waals surface area contributed by atoms with Crippen LogP contribution in [0.25, 0.3) is 0 Å². The van der Waals surface area contributed by atoms with Crippen molar-refractivity contribution in [3.8, 4) is 0 Å². The molecule has 1 heterocycles.